The zero-order valence-electron chi connectivity index (χ0n) is 18.0. The van der Waals surface area contributed by atoms with E-state index in [1.54, 1.807) is 4.57 Å². The topological polar surface area (TPSA) is 50.3 Å². The van der Waals surface area contributed by atoms with E-state index in [4.69, 9.17) is 4.74 Å². The molecule has 2 aromatic rings. The Bertz CT molecular complexity index is 903. The Morgan fingerprint density at radius 1 is 1.21 bits per heavy atom. The number of nitrogens with zero attached hydrogens (tertiary/aromatic N) is 2. The van der Waals surface area contributed by atoms with E-state index in [9.17, 15) is 9.18 Å². The predicted octanol–water partition coefficient (Wildman–Crippen LogP) is 4.54. The summed E-state index contributed by atoms with van der Waals surface area (Å²) >= 11 is 0. The van der Waals surface area contributed by atoms with Gasteiger partial charge in [-0.1, -0.05) is 6.92 Å². The highest BCUT2D eigenvalue weighted by Gasteiger charge is 2.38. The second-order valence-electron chi connectivity index (χ2n) is 9.23. The normalized spacial score (nSPS) is 27.0. The van der Waals surface area contributed by atoms with Gasteiger partial charge in [-0.2, -0.15) is 0 Å². The van der Waals surface area contributed by atoms with Gasteiger partial charge in [0.25, 0.3) is 0 Å². The van der Waals surface area contributed by atoms with Crippen LogP contribution >= 0.6 is 0 Å². The molecule has 29 heavy (non-hydrogen) atoms. The van der Waals surface area contributed by atoms with E-state index in [0.29, 0.717) is 17.1 Å². The molecule has 1 aromatic heterocycles. The number of H-pyrrole nitrogens is 1. The number of ether oxygens (including phenoxy) is 1. The van der Waals surface area contributed by atoms with Gasteiger partial charge >= 0.3 is 5.69 Å². The van der Waals surface area contributed by atoms with Gasteiger partial charge < -0.3 is 9.72 Å². The van der Waals surface area contributed by atoms with Crippen molar-refractivity contribution in [2.45, 2.75) is 83.4 Å². The molecule has 0 amide bonds. The van der Waals surface area contributed by atoms with Crippen molar-refractivity contribution < 1.29 is 9.13 Å². The summed E-state index contributed by atoms with van der Waals surface area (Å²) in [6, 6.07) is 3.52. The monoisotopic (exact) mass is 403 g/mol. The van der Waals surface area contributed by atoms with E-state index in [2.05, 4.69) is 23.7 Å². The van der Waals surface area contributed by atoms with E-state index < -0.39 is 0 Å². The van der Waals surface area contributed by atoms with Gasteiger partial charge in [-0.25, -0.2) is 9.18 Å². The molecular formula is C23H34FN3O2. The molecule has 6 heteroatoms. The molecule has 1 aliphatic heterocycles. The number of piperidine rings is 1. The van der Waals surface area contributed by atoms with Gasteiger partial charge in [-0.3, -0.25) is 9.47 Å². The summed E-state index contributed by atoms with van der Waals surface area (Å²) in [6.45, 7) is 9.25. The molecule has 1 aromatic carbocycles. The maximum Gasteiger partial charge on any atom is 0.326 e. The molecule has 2 aliphatic rings. The van der Waals surface area contributed by atoms with Gasteiger partial charge in [0.2, 0.25) is 0 Å². The minimum absolute atomic E-state index is 0.126. The Labute approximate surface area is 172 Å². The summed E-state index contributed by atoms with van der Waals surface area (Å²) in [7, 11) is 0. The molecule has 4 rings (SSSR count). The van der Waals surface area contributed by atoms with E-state index in [-0.39, 0.29) is 23.1 Å². The third-order valence-corrected chi connectivity index (χ3v) is 7.08. The van der Waals surface area contributed by atoms with Crippen LogP contribution in [-0.2, 0) is 4.74 Å². The molecule has 0 spiro atoms. The number of hydrogen-bond acceptors (Lipinski definition) is 3. The van der Waals surface area contributed by atoms with Crippen LogP contribution in [0.3, 0.4) is 0 Å². The number of imidazole rings is 1. The Morgan fingerprint density at radius 3 is 2.55 bits per heavy atom. The molecule has 1 saturated heterocycles. The number of aromatic nitrogens is 2. The van der Waals surface area contributed by atoms with Gasteiger partial charge in [0, 0.05) is 31.3 Å². The smallest absolute Gasteiger partial charge is 0.326 e. The fourth-order valence-electron chi connectivity index (χ4n) is 5.32. The highest BCUT2D eigenvalue weighted by Crippen LogP contribution is 2.38. The summed E-state index contributed by atoms with van der Waals surface area (Å²) in [6.07, 6.45) is 7.96. The first-order chi connectivity index (χ1) is 13.9. The Morgan fingerprint density at radius 2 is 1.90 bits per heavy atom. The van der Waals surface area contributed by atoms with Crippen molar-refractivity contribution in [3.8, 4) is 0 Å². The van der Waals surface area contributed by atoms with E-state index in [1.807, 2.05) is 13.0 Å². The number of nitrogens with one attached hydrogen (secondary N) is 1. The number of aromatic amines is 1. The SMILES string of the molecule is CCCOC1CCC(C)(N2CCC(n3c(=O)[nH]c4c(F)cc(C)cc43)CC2)CC1. The molecule has 2 heterocycles. The largest absolute Gasteiger partial charge is 0.378 e. The summed E-state index contributed by atoms with van der Waals surface area (Å²) in [5, 5.41) is 0. The summed E-state index contributed by atoms with van der Waals surface area (Å²) < 4.78 is 22.0. The lowest BCUT2D eigenvalue weighted by atomic mass is 9.79. The highest BCUT2D eigenvalue weighted by molar-refractivity contribution is 5.77. The molecule has 0 atom stereocenters. The highest BCUT2D eigenvalue weighted by atomic mass is 19.1. The van der Waals surface area contributed by atoms with Gasteiger partial charge in [-0.15, -0.1) is 0 Å². The molecule has 160 valence electrons. The Kier molecular flexibility index (Phi) is 5.85. The van der Waals surface area contributed by atoms with E-state index in [0.717, 1.165) is 57.4 Å². The maximum atomic E-state index is 14.3. The number of rotatable bonds is 5. The summed E-state index contributed by atoms with van der Waals surface area (Å²) in [5.41, 5.74) is 1.91. The number of benzene rings is 1. The Hall–Kier alpha value is -1.66. The lowest BCUT2D eigenvalue weighted by Gasteiger charge is -2.48. The fraction of sp³-hybridized carbons (Fsp3) is 0.696. The first kappa shape index (κ1) is 20.6. The number of aryl methyl sites for hydroxylation is 1. The molecule has 1 N–H and O–H groups in total. The van der Waals surface area contributed by atoms with Crippen molar-refractivity contribution in [1.29, 1.82) is 0 Å². The number of likely N-dealkylation sites (tertiary alicyclic amines) is 1. The van der Waals surface area contributed by atoms with Crippen molar-refractivity contribution in [2.75, 3.05) is 19.7 Å². The van der Waals surface area contributed by atoms with Crippen molar-refractivity contribution in [2.24, 2.45) is 0 Å². The molecule has 0 radical (unpaired) electrons. The molecule has 5 nitrogen and oxygen atoms in total. The lowest BCUT2D eigenvalue weighted by molar-refractivity contribution is -0.0305. The van der Waals surface area contributed by atoms with Crippen LogP contribution in [0, 0.1) is 12.7 Å². The first-order valence-electron chi connectivity index (χ1n) is 11.2. The van der Waals surface area contributed by atoms with Crippen LogP contribution in [0.15, 0.2) is 16.9 Å². The predicted molar refractivity (Wildman–Crippen MR) is 114 cm³/mol. The number of hydrogen-bond donors (Lipinski definition) is 1. The number of halogens is 1. The van der Waals surface area contributed by atoms with Crippen LogP contribution < -0.4 is 5.69 Å². The van der Waals surface area contributed by atoms with Gasteiger partial charge in [-0.05, 0) is 76.5 Å². The average molecular weight is 404 g/mol. The standard InChI is InChI=1S/C23H34FN3O2/c1-4-13-29-18-5-9-23(3,10-6-18)26-11-7-17(8-12-26)27-20-15-16(2)14-19(24)21(20)25-22(27)28/h14-15,17-18H,4-13H2,1-3H3,(H,25,28). The maximum absolute atomic E-state index is 14.3. The molecule has 2 fully saturated rings. The lowest BCUT2D eigenvalue weighted by Crippen LogP contribution is -2.53. The first-order valence-corrected chi connectivity index (χ1v) is 11.2. The van der Waals surface area contributed by atoms with Crippen LogP contribution in [0.25, 0.3) is 11.0 Å². The quantitative estimate of drug-likeness (QED) is 0.797. The minimum atomic E-state index is -0.345. The van der Waals surface area contributed by atoms with Crippen molar-refractivity contribution >= 4 is 11.0 Å². The second-order valence-corrected chi connectivity index (χ2v) is 9.23. The number of fused-ring (bicyclic) bond motifs is 1. The van der Waals surface area contributed by atoms with Gasteiger partial charge in [0.15, 0.2) is 0 Å². The van der Waals surface area contributed by atoms with Crippen LogP contribution in [-0.4, -0.2) is 45.8 Å². The minimum Gasteiger partial charge on any atom is -0.378 e. The Balaban J connectivity index is 1.43. The third-order valence-electron chi connectivity index (χ3n) is 7.08. The molecule has 0 unspecified atom stereocenters. The van der Waals surface area contributed by atoms with Gasteiger partial charge in [0.05, 0.1) is 11.6 Å². The van der Waals surface area contributed by atoms with Crippen molar-refractivity contribution in [3.63, 3.8) is 0 Å². The summed E-state index contributed by atoms with van der Waals surface area (Å²) in [5.74, 6) is -0.345. The zero-order valence-corrected chi connectivity index (χ0v) is 18.0. The van der Waals surface area contributed by atoms with E-state index in [1.165, 1.54) is 18.9 Å². The molecular weight excluding hydrogens is 369 g/mol. The van der Waals surface area contributed by atoms with Crippen LogP contribution in [0.1, 0.15) is 70.4 Å². The van der Waals surface area contributed by atoms with E-state index >= 15 is 0 Å². The van der Waals surface area contributed by atoms with Gasteiger partial charge in [0.1, 0.15) is 11.3 Å². The van der Waals surface area contributed by atoms with Crippen LogP contribution in [0.4, 0.5) is 4.39 Å². The molecule has 0 bridgehead atoms. The molecule has 1 saturated carbocycles. The second kappa shape index (κ2) is 8.23. The fourth-order valence-corrected chi connectivity index (χ4v) is 5.32. The average Bonchev–Trinajstić information content (AvgIpc) is 3.04. The zero-order chi connectivity index (χ0) is 20.6. The summed E-state index contributed by atoms with van der Waals surface area (Å²) in [4.78, 5) is 17.9. The van der Waals surface area contributed by atoms with Crippen molar-refractivity contribution in [1.82, 2.24) is 14.5 Å². The van der Waals surface area contributed by atoms with Crippen molar-refractivity contribution in [3.05, 3.63) is 34.0 Å². The van der Waals surface area contributed by atoms with Crippen LogP contribution in [0.2, 0.25) is 0 Å². The third kappa shape index (κ3) is 4.02. The van der Waals surface area contributed by atoms with Crippen LogP contribution in [0.5, 0.6) is 0 Å². The molecule has 1 aliphatic carbocycles.